The van der Waals surface area contributed by atoms with Crippen molar-refractivity contribution in [3.05, 3.63) is 34.6 Å². The molecule has 0 aliphatic rings. The predicted octanol–water partition coefficient (Wildman–Crippen LogP) is 4.07. The lowest BCUT2D eigenvalue weighted by Crippen LogP contribution is -1.99. The topological polar surface area (TPSA) is 17.1 Å². The quantitative estimate of drug-likeness (QED) is 0.436. The van der Waals surface area contributed by atoms with Gasteiger partial charge in [0.15, 0.2) is 5.78 Å². The van der Waals surface area contributed by atoms with Gasteiger partial charge in [-0.1, -0.05) is 11.6 Å². The number of benzene rings is 1. The van der Waals surface area contributed by atoms with Gasteiger partial charge < -0.3 is 0 Å². The maximum Gasteiger partial charge on any atom is 0.163 e. The van der Waals surface area contributed by atoms with Crippen molar-refractivity contribution in [3.8, 4) is 0 Å². The van der Waals surface area contributed by atoms with Gasteiger partial charge >= 0.3 is 0 Å². The lowest BCUT2D eigenvalue weighted by molar-refractivity contribution is 0.0979. The van der Waals surface area contributed by atoms with Crippen LogP contribution in [0.4, 0.5) is 4.39 Å². The highest BCUT2D eigenvalue weighted by atomic mass is 35.5. The highest BCUT2D eigenvalue weighted by Crippen LogP contribution is 2.16. The Labute approximate surface area is 98.2 Å². The van der Waals surface area contributed by atoms with E-state index in [1.165, 1.54) is 18.2 Å². The molecule has 0 amide bonds. The van der Waals surface area contributed by atoms with Gasteiger partial charge in [-0.25, -0.2) is 4.39 Å². The van der Waals surface area contributed by atoms with E-state index in [1.54, 1.807) is 0 Å². The standard InChI is InChI=1S/C11H11Cl2FO/c12-4-2-1-3-11(15)8-5-9(13)7-10(14)6-8/h5-7H,1-4H2. The molecule has 82 valence electrons. The first kappa shape index (κ1) is 12.5. The Balaban J connectivity index is 2.65. The van der Waals surface area contributed by atoms with Crippen molar-refractivity contribution in [1.82, 2.24) is 0 Å². The summed E-state index contributed by atoms with van der Waals surface area (Å²) in [6.45, 7) is 0. The molecule has 0 bridgehead atoms. The lowest BCUT2D eigenvalue weighted by atomic mass is 10.1. The molecule has 0 aliphatic carbocycles. The number of carbonyl (C=O) groups is 1. The minimum Gasteiger partial charge on any atom is -0.294 e. The minimum absolute atomic E-state index is 0.0958. The third kappa shape index (κ3) is 4.18. The number of hydrogen-bond acceptors (Lipinski definition) is 1. The Morgan fingerprint density at radius 2 is 2.00 bits per heavy atom. The number of carbonyl (C=O) groups excluding carboxylic acids is 1. The van der Waals surface area contributed by atoms with E-state index < -0.39 is 5.82 Å². The molecule has 0 aromatic heterocycles. The van der Waals surface area contributed by atoms with Gasteiger partial charge in [0.2, 0.25) is 0 Å². The van der Waals surface area contributed by atoms with Crippen molar-refractivity contribution in [2.75, 3.05) is 5.88 Å². The van der Waals surface area contributed by atoms with Crippen LogP contribution in [0.3, 0.4) is 0 Å². The Bertz CT molecular complexity index is 332. The smallest absolute Gasteiger partial charge is 0.163 e. The molecule has 4 heteroatoms. The van der Waals surface area contributed by atoms with Crippen molar-refractivity contribution in [3.63, 3.8) is 0 Å². The zero-order valence-corrected chi connectivity index (χ0v) is 9.61. The maximum atomic E-state index is 12.9. The van der Waals surface area contributed by atoms with E-state index in [-0.39, 0.29) is 10.8 Å². The number of alkyl halides is 1. The second kappa shape index (κ2) is 6.09. The fourth-order valence-corrected chi connectivity index (χ4v) is 1.65. The van der Waals surface area contributed by atoms with E-state index in [0.717, 1.165) is 12.8 Å². The molecule has 0 fully saturated rings. The number of hydrogen-bond donors (Lipinski definition) is 0. The molecule has 0 atom stereocenters. The maximum absolute atomic E-state index is 12.9. The van der Waals surface area contributed by atoms with Crippen LogP contribution in [0.1, 0.15) is 29.6 Å². The van der Waals surface area contributed by atoms with Crippen molar-refractivity contribution in [2.24, 2.45) is 0 Å². The Morgan fingerprint density at radius 3 is 2.60 bits per heavy atom. The summed E-state index contributed by atoms with van der Waals surface area (Å²) in [6.07, 6.45) is 1.89. The summed E-state index contributed by atoms with van der Waals surface area (Å²) in [5, 5.41) is 0.246. The molecule has 0 saturated heterocycles. The van der Waals surface area contributed by atoms with E-state index in [0.29, 0.717) is 17.9 Å². The zero-order chi connectivity index (χ0) is 11.3. The van der Waals surface area contributed by atoms with Crippen LogP contribution in [-0.4, -0.2) is 11.7 Å². The molecule has 1 rings (SSSR count). The largest absolute Gasteiger partial charge is 0.294 e. The normalized spacial score (nSPS) is 10.3. The average molecular weight is 249 g/mol. The molecule has 1 aromatic carbocycles. The van der Waals surface area contributed by atoms with Crippen molar-refractivity contribution in [1.29, 1.82) is 0 Å². The number of unbranched alkanes of at least 4 members (excludes halogenated alkanes) is 1. The monoisotopic (exact) mass is 248 g/mol. The lowest BCUT2D eigenvalue weighted by Gasteiger charge is -2.01. The van der Waals surface area contributed by atoms with Gasteiger partial charge in [-0.2, -0.15) is 0 Å². The summed E-state index contributed by atoms with van der Waals surface area (Å²) < 4.78 is 12.9. The molecule has 0 aliphatic heterocycles. The van der Waals surface area contributed by atoms with E-state index in [4.69, 9.17) is 23.2 Å². The Morgan fingerprint density at radius 1 is 1.27 bits per heavy atom. The fraction of sp³-hybridized carbons (Fsp3) is 0.364. The molecule has 0 unspecified atom stereocenters. The summed E-state index contributed by atoms with van der Waals surface area (Å²) in [4.78, 5) is 11.6. The fourth-order valence-electron chi connectivity index (χ4n) is 1.24. The van der Waals surface area contributed by atoms with E-state index in [1.807, 2.05) is 0 Å². The Kier molecular flexibility index (Phi) is 5.06. The summed E-state index contributed by atoms with van der Waals surface area (Å²) >= 11 is 11.1. The van der Waals surface area contributed by atoms with Gasteiger partial charge in [0, 0.05) is 22.9 Å². The first-order valence-electron chi connectivity index (χ1n) is 4.68. The van der Waals surface area contributed by atoms with Gasteiger partial charge in [-0.05, 0) is 31.0 Å². The summed E-state index contributed by atoms with van der Waals surface area (Å²) in [5.41, 5.74) is 0.328. The summed E-state index contributed by atoms with van der Waals surface area (Å²) in [7, 11) is 0. The highest BCUT2D eigenvalue weighted by Gasteiger charge is 2.07. The molecule has 0 heterocycles. The molecule has 1 nitrogen and oxygen atoms in total. The second-order valence-corrected chi connectivity index (χ2v) is 4.04. The van der Waals surface area contributed by atoms with Crippen LogP contribution < -0.4 is 0 Å². The van der Waals surface area contributed by atoms with E-state index >= 15 is 0 Å². The van der Waals surface area contributed by atoms with E-state index in [9.17, 15) is 9.18 Å². The van der Waals surface area contributed by atoms with Crippen LogP contribution in [0.15, 0.2) is 18.2 Å². The first-order chi connectivity index (χ1) is 7.13. The van der Waals surface area contributed by atoms with Crippen LogP contribution in [0.5, 0.6) is 0 Å². The molecule has 0 saturated carbocycles. The third-order valence-electron chi connectivity index (χ3n) is 1.97. The Hall–Kier alpha value is -0.600. The predicted molar refractivity (Wildman–Crippen MR) is 60.3 cm³/mol. The average Bonchev–Trinajstić information content (AvgIpc) is 2.16. The van der Waals surface area contributed by atoms with Crippen LogP contribution in [0.2, 0.25) is 5.02 Å². The van der Waals surface area contributed by atoms with Crippen molar-refractivity contribution in [2.45, 2.75) is 19.3 Å². The summed E-state index contributed by atoms with van der Waals surface area (Å²) in [6, 6.07) is 3.86. The van der Waals surface area contributed by atoms with E-state index in [2.05, 4.69) is 0 Å². The van der Waals surface area contributed by atoms with Crippen molar-refractivity contribution >= 4 is 29.0 Å². The number of halogens is 3. The van der Waals surface area contributed by atoms with Gasteiger partial charge in [0.1, 0.15) is 5.82 Å². The minimum atomic E-state index is -0.483. The third-order valence-corrected chi connectivity index (χ3v) is 2.46. The molecule has 1 aromatic rings. The SMILES string of the molecule is O=C(CCCCCl)c1cc(F)cc(Cl)c1. The number of rotatable bonds is 5. The van der Waals surface area contributed by atoms with Crippen molar-refractivity contribution < 1.29 is 9.18 Å². The molecule has 15 heavy (non-hydrogen) atoms. The molecular formula is C11H11Cl2FO. The van der Waals surface area contributed by atoms with Crippen LogP contribution in [0, 0.1) is 5.82 Å². The number of Topliss-reactive ketones (excluding diaryl/α,β-unsaturated/α-hetero) is 1. The molecule has 0 spiro atoms. The van der Waals surface area contributed by atoms with Crippen LogP contribution in [0.25, 0.3) is 0 Å². The van der Waals surface area contributed by atoms with Gasteiger partial charge in [-0.3, -0.25) is 4.79 Å². The zero-order valence-electron chi connectivity index (χ0n) is 8.10. The summed E-state index contributed by atoms with van der Waals surface area (Å²) in [5.74, 6) is -0.0401. The highest BCUT2D eigenvalue weighted by molar-refractivity contribution is 6.31. The van der Waals surface area contributed by atoms with Crippen LogP contribution in [-0.2, 0) is 0 Å². The number of ketones is 1. The van der Waals surface area contributed by atoms with Gasteiger partial charge in [-0.15, -0.1) is 11.6 Å². The first-order valence-corrected chi connectivity index (χ1v) is 5.60. The van der Waals surface area contributed by atoms with Gasteiger partial charge in [0.25, 0.3) is 0 Å². The second-order valence-electron chi connectivity index (χ2n) is 3.23. The molecular weight excluding hydrogens is 238 g/mol. The molecule has 0 N–H and O–H groups in total. The molecule has 0 radical (unpaired) electrons. The van der Waals surface area contributed by atoms with Crippen LogP contribution >= 0.6 is 23.2 Å². The van der Waals surface area contributed by atoms with Gasteiger partial charge in [0.05, 0.1) is 0 Å².